The second kappa shape index (κ2) is 5.15. The zero-order valence-corrected chi connectivity index (χ0v) is 9.17. The number of carboxylic acid groups (broad SMARTS) is 1. The van der Waals surface area contributed by atoms with Gasteiger partial charge in [-0.2, -0.15) is 5.10 Å². The molecule has 0 aliphatic heterocycles. The van der Waals surface area contributed by atoms with Crippen molar-refractivity contribution in [2.75, 3.05) is 20.6 Å². The van der Waals surface area contributed by atoms with Crippen molar-refractivity contribution >= 4 is 12.0 Å². The second-order valence-corrected chi connectivity index (χ2v) is 3.49. The lowest BCUT2D eigenvalue weighted by atomic mass is 10.3. The summed E-state index contributed by atoms with van der Waals surface area (Å²) in [5.41, 5.74) is 0.861. The topological polar surface area (TPSA) is 89.5 Å². The Morgan fingerprint density at radius 3 is 2.62 bits per heavy atom. The molecule has 0 saturated carbocycles. The van der Waals surface area contributed by atoms with Crippen molar-refractivity contribution in [2.45, 2.75) is 6.54 Å². The maximum Gasteiger partial charge on any atom is 0.323 e. The van der Waals surface area contributed by atoms with Gasteiger partial charge in [0.15, 0.2) is 0 Å². The summed E-state index contributed by atoms with van der Waals surface area (Å²) in [6, 6.07) is -0.344. The zero-order valence-electron chi connectivity index (χ0n) is 9.17. The van der Waals surface area contributed by atoms with E-state index in [4.69, 9.17) is 5.11 Å². The number of likely N-dealkylation sites (N-methyl/N-ethyl adjacent to an activating group) is 1. The summed E-state index contributed by atoms with van der Waals surface area (Å²) >= 11 is 0. The number of H-pyrrole nitrogens is 1. The van der Waals surface area contributed by atoms with Crippen molar-refractivity contribution in [3.05, 3.63) is 18.0 Å². The Morgan fingerprint density at radius 1 is 1.44 bits per heavy atom. The van der Waals surface area contributed by atoms with Gasteiger partial charge in [-0.05, 0) is 0 Å². The number of nitrogens with zero attached hydrogens (tertiary/aromatic N) is 3. The van der Waals surface area contributed by atoms with E-state index in [1.165, 1.54) is 11.9 Å². The van der Waals surface area contributed by atoms with Crippen molar-refractivity contribution in [2.24, 2.45) is 0 Å². The molecule has 0 fully saturated rings. The van der Waals surface area contributed by atoms with E-state index in [1.807, 2.05) is 0 Å². The summed E-state index contributed by atoms with van der Waals surface area (Å²) in [7, 11) is 3.05. The molecule has 0 radical (unpaired) electrons. The number of aromatic nitrogens is 2. The number of carbonyl (C=O) groups excluding carboxylic acids is 1. The van der Waals surface area contributed by atoms with Crippen LogP contribution in [-0.2, 0) is 11.3 Å². The van der Waals surface area contributed by atoms with Crippen LogP contribution in [0.25, 0.3) is 0 Å². The normalized spacial score (nSPS) is 9.88. The van der Waals surface area contributed by atoms with E-state index in [1.54, 1.807) is 19.4 Å². The number of aromatic amines is 1. The Balaban J connectivity index is 2.50. The number of hydrogen-bond acceptors (Lipinski definition) is 3. The lowest BCUT2D eigenvalue weighted by Gasteiger charge is -2.23. The maximum absolute atomic E-state index is 11.7. The highest BCUT2D eigenvalue weighted by Crippen LogP contribution is 2.02. The molecule has 0 unspecified atom stereocenters. The first-order valence-electron chi connectivity index (χ1n) is 4.66. The molecule has 1 aromatic rings. The lowest BCUT2D eigenvalue weighted by Crippen LogP contribution is -2.40. The summed E-state index contributed by atoms with van der Waals surface area (Å²) in [6.45, 7) is 0.0772. The first-order chi connectivity index (χ1) is 7.50. The average Bonchev–Trinajstić information content (AvgIpc) is 2.68. The molecule has 1 heterocycles. The van der Waals surface area contributed by atoms with Gasteiger partial charge in [0.25, 0.3) is 0 Å². The minimum atomic E-state index is -1.03. The molecule has 2 N–H and O–H groups in total. The number of aliphatic carboxylic acids is 1. The summed E-state index contributed by atoms with van der Waals surface area (Å²) in [6.07, 6.45) is 3.29. The molecule has 7 heteroatoms. The molecule has 0 bridgehead atoms. The lowest BCUT2D eigenvalue weighted by molar-refractivity contribution is -0.137. The molecule has 0 spiro atoms. The molecule has 16 heavy (non-hydrogen) atoms. The van der Waals surface area contributed by atoms with Gasteiger partial charge >= 0.3 is 12.0 Å². The van der Waals surface area contributed by atoms with Crippen LogP contribution in [0, 0.1) is 0 Å². The molecule has 1 rings (SSSR count). The first kappa shape index (κ1) is 12.0. The van der Waals surface area contributed by atoms with E-state index >= 15 is 0 Å². The third-order valence-corrected chi connectivity index (χ3v) is 2.00. The summed E-state index contributed by atoms with van der Waals surface area (Å²) in [4.78, 5) is 24.7. The van der Waals surface area contributed by atoms with Crippen LogP contribution >= 0.6 is 0 Å². The number of nitrogens with one attached hydrogen (secondary N) is 1. The molecular weight excluding hydrogens is 212 g/mol. The Kier molecular flexibility index (Phi) is 3.87. The van der Waals surface area contributed by atoms with Gasteiger partial charge < -0.3 is 14.9 Å². The monoisotopic (exact) mass is 226 g/mol. The van der Waals surface area contributed by atoms with Gasteiger partial charge in [-0.3, -0.25) is 9.89 Å². The first-order valence-corrected chi connectivity index (χ1v) is 4.66. The largest absolute Gasteiger partial charge is 0.480 e. The van der Waals surface area contributed by atoms with Gasteiger partial charge in [-0.25, -0.2) is 4.79 Å². The highest BCUT2D eigenvalue weighted by Gasteiger charge is 2.16. The number of rotatable bonds is 4. The number of urea groups is 1. The Hall–Kier alpha value is -2.05. The molecule has 0 saturated heterocycles. The van der Waals surface area contributed by atoms with Gasteiger partial charge in [0, 0.05) is 25.9 Å². The highest BCUT2D eigenvalue weighted by atomic mass is 16.4. The fraction of sp³-hybridized carbons (Fsp3) is 0.444. The smallest absolute Gasteiger partial charge is 0.323 e. The van der Waals surface area contributed by atoms with E-state index in [2.05, 4.69) is 10.2 Å². The van der Waals surface area contributed by atoms with E-state index in [9.17, 15) is 9.59 Å². The molecule has 0 aliphatic rings. The number of carbonyl (C=O) groups is 2. The summed E-state index contributed by atoms with van der Waals surface area (Å²) in [5.74, 6) is -1.03. The van der Waals surface area contributed by atoms with E-state index < -0.39 is 5.97 Å². The second-order valence-electron chi connectivity index (χ2n) is 3.49. The van der Waals surface area contributed by atoms with Crippen LogP contribution in [0.15, 0.2) is 12.4 Å². The maximum atomic E-state index is 11.7. The van der Waals surface area contributed by atoms with Gasteiger partial charge in [0.1, 0.15) is 6.54 Å². The third-order valence-electron chi connectivity index (χ3n) is 2.00. The van der Waals surface area contributed by atoms with Gasteiger partial charge in [-0.15, -0.1) is 0 Å². The highest BCUT2D eigenvalue weighted by molar-refractivity contribution is 5.79. The van der Waals surface area contributed by atoms with Crippen molar-refractivity contribution < 1.29 is 14.7 Å². The Bertz CT molecular complexity index is 363. The van der Waals surface area contributed by atoms with Gasteiger partial charge in [0.05, 0.1) is 12.7 Å². The van der Waals surface area contributed by atoms with Crippen LogP contribution < -0.4 is 0 Å². The fourth-order valence-electron chi connectivity index (χ4n) is 1.27. The minimum absolute atomic E-state index is 0.311. The van der Waals surface area contributed by atoms with Crippen molar-refractivity contribution in [1.82, 2.24) is 20.0 Å². The fourth-order valence-corrected chi connectivity index (χ4v) is 1.27. The Morgan fingerprint density at radius 2 is 2.12 bits per heavy atom. The third kappa shape index (κ3) is 3.26. The van der Waals surface area contributed by atoms with Crippen molar-refractivity contribution in [3.63, 3.8) is 0 Å². The molecule has 0 aliphatic carbocycles. The van der Waals surface area contributed by atoms with Crippen molar-refractivity contribution in [3.8, 4) is 0 Å². The molecule has 0 atom stereocenters. The van der Waals surface area contributed by atoms with Gasteiger partial charge in [0.2, 0.25) is 0 Å². The standard InChI is InChI=1S/C9H14N4O3/c1-12(5-7-3-10-11-4-7)9(16)13(2)6-8(14)15/h3-4H,5-6H2,1-2H3,(H,10,11)(H,14,15). The molecule has 88 valence electrons. The quantitative estimate of drug-likeness (QED) is 0.754. The molecule has 1 aromatic heterocycles. The number of amides is 2. The van der Waals surface area contributed by atoms with Crippen LogP contribution in [0.3, 0.4) is 0 Å². The van der Waals surface area contributed by atoms with Crippen LogP contribution in [-0.4, -0.2) is 57.7 Å². The minimum Gasteiger partial charge on any atom is -0.480 e. The van der Waals surface area contributed by atoms with Crippen LogP contribution in [0.4, 0.5) is 4.79 Å². The molecule has 7 nitrogen and oxygen atoms in total. The number of carboxylic acids is 1. The van der Waals surface area contributed by atoms with Crippen molar-refractivity contribution in [1.29, 1.82) is 0 Å². The van der Waals surface area contributed by atoms with Crippen LogP contribution in [0.1, 0.15) is 5.56 Å². The predicted octanol–water partition coefficient (Wildman–Crippen LogP) is -0.0221. The molecular formula is C9H14N4O3. The van der Waals surface area contributed by atoms with Crippen LogP contribution in [0.2, 0.25) is 0 Å². The van der Waals surface area contributed by atoms with E-state index in [0.29, 0.717) is 6.54 Å². The van der Waals surface area contributed by atoms with Crippen LogP contribution in [0.5, 0.6) is 0 Å². The van der Waals surface area contributed by atoms with E-state index in [-0.39, 0.29) is 12.6 Å². The van der Waals surface area contributed by atoms with Gasteiger partial charge in [-0.1, -0.05) is 0 Å². The average molecular weight is 226 g/mol. The SMILES string of the molecule is CN(CC(=O)O)C(=O)N(C)Cc1cn[nH]c1. The Labute approximate surface area is 92.7 Å². The molecule has 0 aromatic carbocycles. The van der Waals surface area contributed by atoms with E-state index in [0.717, 1.165) is 10.5 Å². The summed E-state index contributed by atoms with van der Waals surface area (Å²) < 4.78 is 0. The molecule has 2 amide bonds. The number of hydrogen-bond donors (Lipinski definition) is 2. The predicted molar refractivity (Wildman–Crippen MR) is 55.7 cm³/mol. The summed E-state index contributed by atoms with van der Waals surface area (Å²) in [5, 5.41) is 14.9. The zero-order chi connectivity index (χ0) is 12.1.